The molecule has 0 bridgehead atoms. The molecule has 2 fully saturated rings. The third kappa shape index (κ3) is 2.96. The van der Waals surface area contributed by atoms with Crippen LogP contribution in [-0.4, -0.2) is 41.3 Å². The molecule has 2 saturated heterocycles. The number of hydrogen-bond donors (Lipinski definition) is 0. The van der Waals surface area contributed by atoms with Gasteiger partial charge in [0.05, 0.1) is 46.8 Å². The molecule has 0 N–H and O–H groups in total. The zero-order valence-corrected chi connectivity index (χ0v) is 16.7. The van der Waals surface area contributed by atoms with E-state index in [9.17, 15) is 0 Å². The Morgan fingerprint density at radius 3 is 2.07 bits per heavy atom. The van der Waals surface area contributed by atoms with E-state index >= 15 is 0 Å². The van der Waals surface area contributed by atoms with Gasteiger partial charge < -0.3 is 33.2 Å². The van der Waals surface area contributed by atoms with Crippen molar-refractivity contribution in [3.63, 3.8) is 0 Å². The van der Waals surface area contributed by atoms with Gasteiger partial charge in [0.25, 0.3) is 0 Å². The molecule has 2 aromatic rings. The van der Waals surface area contributed by atoms with Crippen LogP contribution in [-0.2, 0) is 9.47 Å². The van der Waals surface area contributed by atoms with E-state index in [0.29, 0.717) is 42.0 Å². The van der Waals surface area contributed by atoms with Gasteiger partial charge in [-0.05, 0) is 35.4 Å². The van der Waals surface area contributed by atoms with Crippen molar-refractivity contribution in [3.05, 3.63) is 41.5 Å². The number of ether oxygens (including phenoxy) is 7. The van der Waals surface area contributed by atoms with Crippen LogP contribution in [0.4, 0.5) is 0 Å². The van der Waals surface area contributed by atoms with Gasteiger partial charge in [-0.25, -0.2) is 0 Å². The van der Waals surface area contributed by atoms with Crippen molar-refractivity contribution < 1.29 is 33.2 Å². The molecule has 4 atom stereocenters. The van der Waals surface area contributed by atoms with Crippen molar-refractivity contribution in [1.82, 2.24) is 0 Å². The highest BCUT2D eigenvalue weighted by Gasteiger charge is 2.48. The molecule has 3 heterocycles. The topological polar surface area (TPSA) is 64.6 Å². The van der Waals surface area contributed by atoms with Gasteiger partial charge in [-0.15, -0.1) is 0 Å². The third-order valence-electron chi connectivity index (χ3n) is 6.01. The molecule has 5 rings (SSSR count). The lowest BCUT2D eigenvalue weighted by molar-refractivity contribution is 0.0191. The summed E-state index contributed by atoms with van der Waals surface area (Å²) in [5.74, 6) is 3.93. The Morgan fingerprint density at radius 2 is 1.38 bits per heavy atom. The fourth-order valence-corrected chi connectivity index (χ4v) is 4.58. The Balaban J connectivity index is 1.41. The first-order chi connectivity index (χ1) is 14.2. The maximum Gasteiger partial charge on any atom is 0.231 e. The summed E-state index contributed by atoms with van der Waals surface area (Å²) >= 11 is 0. The van der Waals surface area contributed by atoms with E-state index in [2.05, 4.69) is 0 Å². The Labute approximate surface area is 169 Å². The molecule has 0 unspecified atom stereocenters. The lowest BCUT2D eigenvalue weighted by Gasteiger charge is -2.18. The molecule has 29 heavy (non-hydrogen) atoms. The van der Waals surface area contributed by atoms with Crippen LogP contribution < -0.4 is 23.7 Å². The van der Waals surface area contributed by atoms with Crippen molar-refractivity contribution >= 4 is 0 Å². The summed E-state index contributed by atoms with van der Waals surface area (Å²) in [4.78, 5) is 0. The summed E-state index contributed by atoms with van der Waals surface area (Å²) in [5.41, 5.74) is 2.10. The average molecular weight is 400 g/mol. The zero-order chi connectivity index (χ0) is 20.0. The number of rotatable bonds is 5. The first kappa shape index (κ1) is 18.4. The largest absolute Gasteiger partial charge is 0.493 e. The molecule has 0 saturated carbocycles. The van der Waals surface area contributed by atoms with E-state index in [-0.39, 0.29) is 30.8 Å². The molecule has 0 aromatic heterocycles. The SMILES string of the molecule is COc1ccc([C@H]2OC[C@@H]3[C@H]2CO[C@@H]3c2cc(OC)c3c(c2)OCO3)cc1OC. The fourth-order valence-electron chi connectivity index (χ4n) is 4.58. The number of hydrogen-bond acceptors (Lipinski definition) is 7. The van der Waals surface area contributed by atoms with Crippen molar-refractivity contribution in [1.29, 1.82) is 0 Å². The van der Waals surface area contributed by atoms with Gasteiger partial charge in [-0.2, -0.15) is 0 Å². The van der Waals surface area contributed by atoms with Crippen molar-refractivity contribution in [2.75, 3.05) is 41.3 Å². The van der Waals surface area contributed by atoms with Gasteiger partial charge in [0.2, 0.25) is 12.5 Å². The predicted molar refractivity (Wildman–Crippen MR) is 103 cm³/mol. The Morgan fingerprint density at radius 1 is 0.724 bits per heavy atom. The smallest absolute Gasteiger partial charge is 0.231 e. The first-order valence-electron chi connectivity index (χ1n) is 9.66. The molecule has 0 amide bonds. The molecule has 0 aliphatic carbocycles. The highest BCUT2D eigenvalue weighted by atomic mass is 16.7. The standard InChI is InChI=1S/C22H24O7/c1-23-16-5-4-12(6-17(16)24-2)20-14-9-27-21(15(14)10-26-20)13-7-18(25-3)22-19(8-13)28-11-29-22/h4-8,14-15,20-21H,9-11H2,1-3H3/t14-,15-,20-,21-/m1/s1. The molecule has 7 heteroatoms. The summed E-state index contributed by atoms with van der Waals surface area (Å²) in [7, 11) is 4.90. The van der Waals surface area contributed by atoms with Crippen molar-refractivity contribution in [2.45, 2.75) is 12.2 Å². The van der Waals surface area contributed by atoms with Crippen LogP contribution in [0.2, 0.25) is 0 Å². The normalized spacial score (nSPS) is 27.0. The second-order valence-electron chi connectivity index (χ2n) is 7.41. The summed E-state index contributed by atoms with van der Waals surface area (Å²) < 4.78 is 39.8. The fraction of sp³-hybridized carbons (Fsp3) is 0.455. The number of benzene rings is 2. The van der Waals surface area contributed by atoms with Crippen LogP contribution in [0.25, 0.3) is 0 Å². The summed E-state index contributed by atoms with van der Waals surface area (Å²) in [5, 5.41) is 0. The highest BCUT2D eigenvalue weighted by molar-refractivity contribution is 5.55. The van der Waals surface area contributed by atoms with Gasteiger partial charge in [0, 0.05) is 11.8 Å². The van der Waals surface area contributed by atoms with E-state index in [0.717, 1.165) is 11.1 Å². The molecule has 0 radical (unpaired) electrons. The van der Waals surface area contributed by atoms with E-state index in [4.69, 9.17) is 33.2 Å². The lowest BCUT2D eigenvalue weighted by Crippen LogP contribution is -2.14. The Bertz CT molecular complexity index is 912. The van der Waals surface area contributed by atoms with E-state index < -0.39 is 0 Å². The maximum absolute atomic E-state index is 6.23. The Hall–Kier alpha value is -2.64. The average Bonchev–Trinajstić information content (AvgIpc) is 3.48. The van der Waals surface area contributed by atoms with Crippen molar-refractivity contribution in [3.8, 4) is 28.7 Å². The quantitative estimate of drug-likeness (QED) is 0.761. The number of fused-ring (bicyclic) bond motifs is 2. The van der Waals surface area contributed by atoms with Crippen LogP contribution in [0.1, 0.15) is 23.3 Å². The maximum atomic E-state index is 6.23. The minimum absolute atomic E-state index is 0.0410. The van der Waals surface area contributed by atoms with Gasteiger partial charge in [0.15, 0.2) is 23.0 Å². The Kier molecular flexibility index (Phi) is 4.64. The molecule has 2 aromatic carbocycles. The molecule has 0 spiro atoms. The van der Waals surface area contributed by atoms with Crippen LogP contribution >= 0.6 is 0 Å². The molecule has 154 valence electrons. The van der Waals surface area contributed by atoms with Crippen LogP contribution in [0, 0.1) is 11.8 Å². The molecular formula is C22H24O7. The third-order valence-corrected chi connectivity index (χ3v) is 6.01. The lowest BCUT2D eigenvalue weighted by atomic mass is 9.85. The van der Waals surface area contributed by atoms with Gasteiger partial charge in [-0.1, -0.05) is 6.07 Å². The first-order valence-corrected chi connectivity index (χ1v) is 9.66. The predicted octanol–water partition coefficient (Wildman–Crippen LogP) is 3.52. The second-order valence-corrected chi connectivity index (χ2v) is 7.41. The van der Waals surface area contributed by atoms with Crippen molar-refractivity contribution in [2.24, 2.45) is 11.8 Å². The monoisotopic (exact) mass is 400 g/mol. The molecule has 3 aliphatic heterocycles. The molecular weight excluding hydrogens is 376 g/mol. The number of methoxy groups -OCH3 is 3. The summed E-state index contributed by atoms with van der Waals surface area (Å²) in [6, 6.07) is 9.90. The van der Waals surface area contributed by atoms with Crippen LogP contribution in [0.3, 0.4) is 0 Å². The van der Waals surface area contributed by atoms with Gasteiger partial charge >= 0.3 is 0 Å². The minimum Gasteiger partial charge on any atom is -0.493 e. The highest BCUT2D eigenvalue weighted by Crippen LogP contribution is 2.53. The van der Waals surface area contributed by atoms with E-state index in [1.807, 2.05) is 30.3 Å². The molecule has 3 aliphatic rings. The minimum atomic E-state index is -0.0754. The van der Waals surface area contributed by atoms with Gasteiger partial charge in [-0.3, -0.25) is 0 Å². The van der Waals surface area contributed by atoms with E-state index in [1.54, 1.807) is 21.3 Å². The van der Waals surface area contributed by atoms with E-state index in [1.165, 1.54) is 0 Å². The zero-order valence-electron chi connectivity index (χ0n) is 16.7. The second kappa shape index (κ2) is 7.31. The summed E-state index contributed by atoms with van der Waals surface area (Å²) in [6.07, 6.45) is -0.116. The molecule has 7 nitrogen and oxygen atoms in total. The van der Waals surface area contributed by atoms with Crippen LogP contribution in [0.15, 0.2) is 30.3 Å². The van der Waals surface area contributed by atoms with Crippen LogP contribution in [0.5, 0.6) is 28.7 Å². The van der Waals surface area contributed by atoms with Gasteiger partial charge in [0.1, 0.15) is 0 Å². The summed E-state index contributed by atoms with van der Waals surface area (Å²) in [6.45, 7) is 1.47.